The Morgan fingerprint density at radius 3 is 2.60 bits per heavy atom. The number of aryl methyl sites for hydroxylation is 1. The molecule has 110 valence electrons. The van der Waals surface area contributed by atoms with Gasteiger partial charge in [0.05, 0.1) is 11.4 Å². The molecule has 0 saturated carbocycles. The Morgan fingerprint density at radius 2 is 2.05 bits per heavy atom. The van der Waals surface area contributed by atoms with Crippen LogP contribution < -0.4 is 4.72 Å². The van der Waals surface area contributed by atoms with Crippen LogP contribution in [0.4, 0.5) is 5.69 Å². The molecular formula is C15H21NO3S. The Morgan fingerprint density at radius 1 is 1.35 bits per heavy atom. The van der Waals surface area contributed by atoms with Crippen molar-refractivity contribution in [3.8, 4) is 11.8 Å². The van der Waals surface area contributed by atoms with Crippen molar-refractivity contribution in [2.45, 2.75) is 27.2 Å². The number of hydrogen-bond donors (Lipinski definition) is 2. The highest BCUT2D eigenvalue weighted by Gasteiger charge is 2.12. The van der Waals surface area contributed by atoms with Crippen molar-refractivity contribution < 1.29 is 13.5 Å². The first-order chi connectivity index (χ1) is 9.34. The van der Waals surface area contributed by atoms with E-state index in [4.69, 9.17) is 5.11 Å². The second-order valence-corrected chi connectivity index (χ2v) is 6.93. The summed E-state index contributed by atoms with van der Waals surface area (Å²) in [5.74, 6) is 5.82. The molecule has 5 heteroatoms. The number of nitrogens with one attached hydrogen (secondary N) is 1. The van der Waals surface area contributed by atoms with Gasteiger partial charge in [0.1, 0.15) is 6.61 Å². The van der Waals surface area contributed by atoms with Gasteiger partial charge >= 0.3 is 0 Å². The minimum absolute atomic E-state index is 0.121. The molecule has 0 heterocycles. The lowest BCUT2D eigenvalue weighted by Crippen LogP contribution is -2.18. The number of aliphatic hydroxyl groups excluding tert-OH is 1. The fourth-order valence-corrected chi connectivity index (χ4v) is 3.05. The van der Waals surface area contributed by atoms with Gasteiger partial charge in [-0.05, 0) is 43.0 Å². The van der Waals surface area contributed by atoms with Gasteiger partial charge in [0.2, 0.25) is 10.0 Å². The highest BCUT2D eigenvalue weighted by Crippen LogP contribution is 2.18. The zero-order valence-corrected chi connectivity index (χ0v) is 12.9. The minimum atomic E-state index is -3.31. The molecule has 0 aromatic heterocycles. The second kappa shape index (κ2) is 7.32. The molecule has 0 saturated heterocycles. The van der Waals surface area contributed by atoms with E-state index in [-0.39, 0.29) is 12.4 Å². The van der Waals surface area contributed by atoms with E-state index in [1.165, 1.54) is 0 Å². The summed E-state index contributed by atoms with van der Waals surface area (Å²) >= 11 is 0. The third-order valence-corrected chi connectivity index (χ3v) is 4.07. The minimum Gasteiger partial charge on any atom is -0.384 e. The summed E-state index contributed by atoms with van der Waals surface area (Å²) in [6.45, 7) is 5.62. The fourth-order valence-electron chi connectivity index (χ4n) is 1.61. The van der Waals surface area contributed by atoms with Crippen LogP contribution in [0.2, 0.25) is 0 Å². The standard InChI is InChI=1S/C15H21NO3S/c1-12(2)8-10-20(18,19)16-15-7-6-14(5-4-9-17)11-13(15)3/h6-7,11-12,16-17H,8-10H2,1-3H3. The number of aliphatic hydroxyl groups is 1. The fraction of sp³-hybridized carbons (Fsp3) is 0.467. The topological polar surface area (TPSA) is 66.4 Å². The van der Waals surface area contributed by atoms with Gasteiger partial charge < -0.3 is 5.11 Å². The molecule has 0 aliphatic heterocycles. The highest BCUT2D eigenvalue weighted by molar-refractivity contribution is 7.92. The van der Waals surface area contributed by atoms with Crippen LogP contribution in [0.15, 0.2) is 18.2 Å². The number of anilines is 1. The molecule has 0 aliphatic carbocycles. The smallest absolute Gasteiger partial charge is 0.232 e. The van der Waals surface area contributed by atoms with Gasteiger partial charge in [-0.1, -0.05) is 25.7 Å². The third-order valence-electron chi connectivity index (χ3n) is 2.77. The number of benzene rings is 1. The van der Waals surface area contributed by atoms with E-state index in [9.17, 15) is 8.42 Å². The first-order valence-corrected chi connectivity index (χ1v) is 8.20. The van der Waals surface area contributed by atoms with E-state index in [1.807, 2.05) is 20.8 Å². The maximum absolute atomic E-state index is 11.9. The molecule has 0 atom stereocenters. The molecule has 0 amide bonds. The summed E-state index contributed by atoms with van der Waals surface area (Å²) < 4.78 is 26.5. The SMILES string of the molecule is Cc1cc(C#CCO)ccc1NS(=O)(=O)CCC(C)C. The van der Waals surface area contributed by atoms with E-state index in [2.05, 4.69) is 16.6 Å². The average Bonchev–Trinajstić information content (AvgIpc) is 2.37. The van der Waals surface area contributed by atoms with Gasteiger partial charge in [0.15, 0.2) is 0 Å². The maximum Gasteiger partial charge on any atom is 0.232 e. The zero-order chi connectivity index (χ0) is 15.2. The Hall–Kier alpha value is -1.51. The number of hydrogen-bond acceptors (Lipinski definition) is 3. The quantitative estimate of drug-likeness (QED) is 0.818. The molecule has 20 heavy (non-hydrogen) atoms. The summed E-state index contributed by atoms with van der Waals surface area (Å²) in [6.07, 6.45) is 0.633. The van der Waals surface area contributed by atoms with Crippen LogP contribution in [-0.2, 0) is 10.0 Å². The predicted octanol–water partition coefficient (Wildman–Crippen LogP) is 2.13. The first-order valence-electron chi connectivity index (χ1n) is 6.55. The zero-order valence-electron chi connectivity index (χ0n) is 12.1. The molecule has 4 nitrogen and oxygen atoms in total. The van der Waals surface area contributed by atoms with Crippen LogP contribution in [0.1, 0.15) is 31.4 Å². The van der Waals surface area contributed by atoms with Gasteiger partial charge in [-0.2, -0.15) is 0 Å². The van der Waals surface area contributed by atoms with Crippen LogP contribution in [0, 0.1) is 24.7 Å². The largest absolute Gasteiger partial charge is 0.384 e. The molecule has 2 N–H and O–H groups in total. The van der Waals surface area contributed by atoms with Crippen LogP contribution in [0.5, 0.6) is 0 Å². The Labute approximate surface area is 121 Å². The molecular weight excluding hydrogens is 274 g/mol. The lowest BCUT2D eigenvalue weighted by molar-refractivity contribution is 0.350. The van der Waals surface area contributed by atoms with Gasteiger partial charge in [-0.25, -0.2) is 8.42 Å². The van der Waals surface area contributed by atoms with E-state index >= 15 is 0 Å². The van der Waals surface area contributed by atoms with Crippen molar-refractivity contribution in [2.24, 2.45) is 5.92 Å². The van der Waals surface area contributed by atoms with E-state index in [0.29, 0.717) is 18.0 Å². The molecule has 0 fully saturated rings. The summed E-state index contributed by atoms with van der Waals surface area (Å²) in [5, 5.41) is 8.64. The normalized spacial score (nSPS) is 11.1. The number of sulfonamides is 1. The predicted molar refractivity (Wildman–Crippen MR) is 82.0 cm³/mol. The Bertz CT molecular complexity index is 610. The van der Waals surface area contributed by atoms with Crippen LogP contribution in [-0.4, -0.2) is 25.9 Å². The van der Waals surface area contributed by atoms with Gasteiger partial charge in [-0.3, -0.25) is 4.72 Å². The lowest BCUT2D eigenvalue weighted by atomic mass is 10.1. The number of rotatable bonds is 5. The molecule has 0 radical (unpaired) electrons. The average molecular weight is 295 g/mol. The van der Waals surface area contributed by atoms with Crippen LogP contribution >= 0.6 is 0 Å². The Kier molecular flexibility index (Phi) is 6.05. The van der Waals surface area contributed by atoms with Crippen LogP contribution in [0.3, 0.4) is 0 Å². The highest BCUT2D eigenvalue weighted by atomic mass is 32.2. The van der Waals surface area contributed by atoms with E-state index in [0.717, 1.165) is 11.1 Å². The molecule has 0 bridgehead atoms. The summed E-state index contributed by atoms with van der Waals surface area (Å²) in [7, 11) is -3.31. The molecule has 0 aliphatic rings. The molecule has 1 aromatic rings. The van der Waals surface area contributed by atoms with E-state index in [1.54, 1.807) is 18.2 Å². The van der Waals surface area contributed by atoms with Crippen molar-refractivity contribution >= 4 is 15.7 Å². The lowest BCUT2D eigenvalue weighted by Gasteiger charge is -2.11. The molecule has 1 rings (SSSR count). The monoisotopic (exact) mass is 295 g/mol. The molecule has 1 aromatic carbocycles. The summed E-state index contributed by atoms with van der Waals surface area (Å²) in [6, 6.07) is 5.22. The molecule has 0 unspecified atom stereocenters. The van der Waals surface area contributed by atoms with Gasteiger partial charge in [0.25, 0.3) is 0 Å². The summed E-state index contributed by atoms with van der Waals surface area (Å²) in [4.78, 5) is 0. The second-order valence-electron chi connectivity index (χ2n) is 5.09. The summed E-state index contributed by atoms with van der Waals surface area (Å²) in [5.41, 5.74) is 2.13. The maximum atomic E-state index is 11.9. The van der Waals surface area contributed by atoms with Crippen molar-refractivity contribution in [2.75, 3.05) is 17.1 Å². The van der Waals surface area contributed by atoms with Crippen molar-refractivity contribution in [1.82, 2.24) is 0 Å². The van der Waals surface area contributed by atoms with Crippen LogP contribution in [0.25, 0.3) is 0 Å². The van der Waals surface area contributed by atoms with E-state index < -0.39 is 10.0 Å². The van der Waals surface area contributed by atoms with Crippen molar-refractivity contribution in [3.63, 3.8) is 0 Å². The van der Waals surface area contributed by atoms with Crippen molar-refractivity contribution in [3.05, 3.63) is 29.3 Å². The first kappa shape index (κ1) is 16.5. The van der Waals surface area contributed by atoms with Crippen molar-refractivity contribution in [1.29, 1.82) is 0 Å². The third kappa shape index (κ3) is 5.64. The van der Waals surface area contributed by atoms with Gasteiger partial charge in [0, 0.05) is 5.56 Å². The Balaban J connectivity index is 2.83. The van der Waals surface area contributed by atoms with Gasteiger partial charge in [-0.15, -0.1) is 0 Å². The molecule has 0 spiro atoms.